The molecular weight excluding hydrogens is 320 g/mol. The molecule has 0 spiro atoms. The van der Waals surface area contributed by atoms with Gasteiger partial charge in [-0.25, -0.2) is 9.97 Å². The summed E-state index contributed by atoms with van der Waals surface area (Å²) in [6.07, 6.45) is 5.20. The fourth-order valence-electron chi connectivity index (χ4n) is 3.52. The first kappa shape index (κ1) is 15.6. The number of rotatable bonds is 3. The number of fused-ring (bicyclic) bond motifs is 1. The van der Waals surface area contributed by atoms with Gasteiger partial charge in [-0.15, -0.1) is 0 Å². The van der Waals surface area contributed by atoms with Gasteiger partial charge in [-0.2, -0.15) is 0 Å². The van der Waals surface area contributed by atoms with Crippen molar-refractivity contribution in [2.75, 3.05) is 18.0 Å². The first-order valence-corrected chi connectivity index (χ1v) is 9.21. The number of imidazole rings is 1. The summed E-state index contributed by atoms with van der Waals surface area (Å²) >= 11 is 1.76. The van der Waals surface area contributed by atoms with E-state index in [-0.39, 0.29) is 5.92 Å². The molecule has 6 heteroatoms. The Kier molecular flexibility index (Phi) is 4.02. The van der Waals surface area contributed by atoms with E-state index in [4.69, 9.17) is 4.98 Å². The maximum Gasteiger partial charge on any atom is 0.186 e. The third-order valence-electron chi connectivity index (χ3n) is 4.90. The molecule has 3 heterocycles. The summed E-state index contributed by atoms with van der Waals surface area (Å²) < 4.78 is 3.17. The van der Waals surface area contributed by atoms with Gasteiger partial charge in [0.15, 0.2) is 5.13 Å². The molecule has 0 aliphatic carbocycles. The number of nitrogens with zero attached hydrogens (tertiary/aromatic N) is 4. The fourth-order valence-corrected chi connectivity index (χ4v) is 4.59. The minimum absolute atomic E-state index is 0.188. The van der Waals surface area contributed by atoms with Gasteiger partial charge in [0.2, 0.25) is 0 Å². The Labute approximate surface area is 145 Å². The fraction of sp³-hybridized carbons (Fsp3) is 0.444. The van der Waals surface area contributed by atoms with Gasteiger partial charge in [0, 0.05) is 38.4 Å². The van der Waals surface area contributed by atoms with E-state index < -0.39 is 6.10 Å². The normalized spacial score (nSPS) is 19.8. The number of aliphatic hydroxyl groups excluding tert-OH is 1. The second-order valence-corrected chi connectivity index (χ2v) is 7.59. The van der Waals surface area contributed by atoms with Crippen molar-refractivity contribution in [1.82, 2.24) is 14.5 Å². The van der Waals surface area contributed by atoms with E-state index in [2.05, 4.69) is 35.0 Å². The lowest BCUT2D eigenvalue weighted by Gasteiger charge is -2.34. The van der Waals surface area contributed by atoms with Crippen molar-refractivity contribution >= 4 is 26.7 Å². The standard InChI is InChI=1S/C18H22N4OS/c1-12-5-3-7-14-16(12)24-18(20-14)22-9-4-6-13(11-22)15(23)17-19-8-10-21(17)2/h3,5,7-8,10,13,15,23H,4,6,9,11H2,1-2H3. The average molecular weight is 342 g/mol. The Morgan fingerprint density at radius 1 is 1.38 bits per heavy atom. The number of benzene rings is 1. The van der Waals surface area contributed by atoms with Crippen LogP contribution in [0.4, 0.5) is 5.13 Å². The van der Waals surface area contributed by atoms with Gasteiger partial charge in [0.25, 0.3) is 0 Å². The summed E-state index contributed by atoms with van der Waals surface area (Å²) in [6.45, 7) is 3.96. The van der Waals surface area contributed by atoms with Gasteiger partial charge in [0.1, 0.15) is 11.9 Å². The van der Waals surface area contributed by atoms with E-state index in [0.29, 0.717) is 0 Å². The third kappa shape index (κ3) is 2.70. The zero-order chi connectivity index (χ0) is 16.7. The van der Waals surface area contributed by atoms with Crippen molar-refractivity contribution in [3.63, 3.8) is 0 Å². The molecule has 0 radical (unpaired) electrons. The van der Waals surface area contributed by atoms with E-state index in [0.717, 1.165) is 42.4 Å². The highest BCUT2D eigenvalue weighted by molar-refractivity contribution is 7.22. The van der Waals surface area contributed by atoms with Crippen molar-refractivity contribution < 1.29 is 5.11 Å². The van der Waals surface area contributed by atoms with Crippen molar-refractivity contribution in [2.24, 2.45) is 13.0 Å². The van der Waals surface area contributed by atoms with E-state index in [1.165, 1.54) is 10.3 Å². The van der Waals surface area contributed by atoms with Gasteiger partial charge in [0.05, 0.1) is 10.2 Å². The topological polar surface area (TPSA) is 54.2 Å². The average Bonchev–Trinajstić information content (AvgIpc) is 3.21. The first-order valence-electron chi connectivity index (χ1n) is 8.40. The van der Waals surface area contributed by atoms with Crippen LogP contribution >= 0.6 is 11.3 Å². The number of aliphatic hydroxyl groups is 1. The molecule has 0 amide bonds. The summed E-state index contributed by atoms with van der Waals surface area (Å²) in [5, 5.41) is 11.8. The number of hydrogen-bond acceptors (Lipinski definition) is 5. The van der Waals surface area contributed by atoms with E-state index in [9.17, 15) is 5.11 Å². The Morgan fingerprint density at radius 2 is 2.25 bits per heavy atom. The third-order valence-corrected chi connectivity index (χ3v) is 6.17. The van der Waals surface area contributed by atoms with Crippen LogP contribution in [0.2, 0.25) is 0 Å². The Hall–Kier alpha value is -1.92. The highest BCUT2D eigenvalue weighted by atomic mass is 32.1. The van der Waals surface area contributed by atoms with Crippen LogP contribution in [0.15, 0.2) is 30.6 Å². The van der Waals surface area contributed by atoms with Crippen molar-refractivity contribution in [3.8, 4) is 0 Å². The monoisotopic (exact) mass is 342 g/mol. The van der Waals surface area contributed by atoms with Crippen LogP contribution in [-0.4, -0.2) is 32.7 Å². The molecule has 3 aromatic rings. The zero-order valence-electron chi connectivity index (χ0n) is 14.0. The first-order chi connectivity index (χ1) is 11.6. The lowest BCUT2D eigenvalue weighted by Crippen LogP contribution is -2.38. The summed E-state index contributed by atoms with van der Waals surface area (Å²) in [7, 11) is 1.93. The number of anilines is 1. The van der Waals surface area contributed by atoms with Crippen LogP contribution in [0.5, 0.6) is 0 Å². The predicted octanol–water partition coefficient (Wildman–Crippen LogP) is 3.29. The van der Waals surface area contributed by atoms with Crippen LogP contribution in [-0.2, 0) is 7.05 Å². The maximum absolute atomic E-state index is 10.7. The molecule has 4 rings (SSSR count). The van der Waals surface area contributed by atoms with Crippen LogP contribution < -0.4 is 4.90 Å². The molecule has 2 atom stereocenters. The second-order valence-electron chi connectivity index (χ2n) is 6.61. The van der Waals surface area contributed by atoms with Gasteiger partial charge >= 0.3 is 0 Å². The quantitative estimate of drug-likeness (QED) is 0.793. The number of thiazole rings is 1. The Balaban J connectivity index is 1.58. The van der Waals surface area contributed by atoms with Crippen molar-refractivity contribution in [1.29, 1.82) is 0 Å². The van der Waals surface area contributed by atoms with Crippen molar-refractivity contribution in [2.45, 2.75) is 25.9 Å². The Morgan fingerprint density at radius 3 is 3.00 bits per heavy atom. The molecule has 24 heavy (non-hydrogen) atoms. The highest BCUT2D eigenvalue weighted by Crippen LogP contribution is 2.35. The lowest BCUT2D eigenvalue weighted by molar-refractivity contribution is 0.0875. The number of hydrogen-bond donors (Lipinski definition) is 1. The SMILES string of the molecule is Cc1cccc2nc(N3CCCC(C(O)c4nccn4C)C3)sc12. The molecule has 0 bridgehead atoms. The van der Waals surface area contributed by atoms with E-state index in [1.54, 1.807) is 17.5 Å². The second kappa shape index (κ2) is 6.18. The predicted molar refractivity (Wildman–Crippen MR) is 97.5 cm³/mol. The van der Waals surface area contributed by atoms with Crippen molar-refractivity contribution in [3.05, 3.63) is 42.0 Å². The molecule has 5 nitrogen and oxygen atoms in total. The van der Waals surface area contributed by atoms with E-state index >= 15 is 0 Å². The van der Waals surface area contributed by atoms with E-state index in [1.807, 2.05) is 17.8 Å². The van der Waals surface area contributed by atoms with Gasteiger partial charge < -0.3 is 14.6 Å². The molecule has 1 saturated heterocycles. The number of aromatic nitrogens is 3. The van der Waals surface area contributed by atoms with Crippen LogP contribution in [0.25, 0.3) is 10.2 Å². The molecular formula is C18H22N4OS. The molecule has 1 aliphatic heterocycles. The molecule has 1 aromatic carbocycles. The van der Waals surface area contributed by atoms with Crippen LogP contribution in [0, 0.1) is 12.8 Å². The molecule has 1 aliphatic rings. The van der Waals surface area contributed by atoms with Crippen LogP contribution in [0.3, 0.4) is 0 Å². The molecule has 2 unspecified atom stereocenters. The number of aryl methyl sites for hydroxylation is 2. The molecule has 0 saturated carbocycles. The highest BCUT2D eigenvalue weighted by Gasteiger charge is 2.30. The lowest BCUT2D eigenvalue weighted by atomic mass is 9.92. The summed E-state index contributed by atoms with van der Waals surface area (Å²) in [6, 6.07) is 6.27. The largest absolute Gasteiger partial charge is 0.385 e. The minimum atomic E-state index is -0.524. The smallest absolute Gasteiger partial charge is 0.186 e. The van der Waals surface area contributed by atoms with Crippen LogP contribution in [0.1, 0.15) is 30.3 Å². The van der Waals surface area contributed by atoms with Gasteiger partial charge in [-0.3, -0.25) is 0 Å². The summed E-state index contributed by atoms with van der Waals surface area (Å²) in [4.78, 5) is 11.5. The minimum Gasteiger partial charge on any atom is -0.385 e. The van der Waals surface area contributed by atoms with Gasteiger partial charge in [-0.05, 0) is 31.4 Å². The maximum atomic E-state index is 10.7. The summed E-state index contributed by atoms with van der Waals surface area (Å²) in [5.41, 5.74) is 2.35. The molecule has 126 valence electrons. The molecule has 1 N–H and O–H groups in total. The number of piperidine rings is 1. The Bertz CT molecular complexity index is 856. The molecule has 1 fully saturated rings. The van der Waals surface area contributed by atoms with Gasteiger partial charge in [-0.1, -0.05) is 23.5 Å². The summed E-state index contributed by atoms with van der Waals surface area (Å²) in [5.74, 6) is 0.940. The molecule has 2 aromatic heterocycles. The zero-order valence-corrected chi connectivity index (χ0v) is 14.8.